The lowest BCUT2D eigenvalue weighted by molar-refractivity contribution is 0.623. The van der Waals surface area contributed by atoms with Crippen LogP contribution in [0.5, 0.6) is 0 Å². The number of anilines is 1. The molecule has 0 aliphatic heterocycles. The normalized spacial score (nSPS) is 12.3. The van der Waals surface area contributed by atoms with Gasteiger partial charge in [0.2, 0.25) is 0 Å². The number of pyridine rings is 1. The Morgan fingerprint density at radius 1 is 1.39 bits per heavy atom. The van der Waals surface area contributed by atoms with Crippen molar-refractivity contribution in [2.75, 3.05) is 5.73 Å². The first-order chi connectivity index (χ1) is 8.56. The van der Waals surface area contributed by atoms with Crippen LogP contribution in [-0.2, 0) is 16.6 Å². The van der Waals surface area contributed by atoms with Crippen molar-refractivity contribution in [3.8, 4) is 0 Å². The number of halogens is 2. The van der Waals surface area contributed by atoms with Crippen molar-refractivity contribution in [1.82, 2.24) is 4.98 Å². The molecule has 1 aromatic carbocycles. The Kier molecular flexibility index (Phi) is 3.93. The van der Waals surface area contributed by atoms with Gasteiger partial charge < -0.3 is 5.73 Å². The van der Waals surface area contributed by atoms with Gasteiger partial charge in [0.05, 0.1) is 21.6 Å². The lowest BCUT2D eigenvalue weighted by Crippen LogP contribution is -1.99. The fourth-order valence-corrected chi connectivity index (χ4v) is 2.94. The van der Waals surface area contributed by atoms with Crippen molar-refractivity contribution in [3.05, 3.63) is 53.1 Å². The summed E-state index contributed by atoms with van der Waals surface area (Å²) in [5.41, 5.74) is 6.46. The molecular weight excluding hydrogens is 275 g/mol. The topological polar surface area (TPSA) is 56.0 Å². The van der Waals surface area contributed by atoms with Gasteiger partial charge >= 0.3 is 0 Å². The van der Waals surface area contributed by atoms with Gasteiger partial charge in [-0.2, -0.15) is 0 Å². The fraction of sp³-hybridized carbons (Fsp3) is 0.0833. The zero-order valence-electron chi connectivity index (χ0n) is 9.27. The Labute approximate surface area is 111 Å². The van der Waals surface area contributed by atoms with Crippen molar-refractivity contribution in [2.45, 2.75) is 10.6 Å². The van der Waals surface area contributed by atoms with E-state index in [1.54, 1.807) is 12.3 Å². The summed E-state index contributed by atoms with van der Waals surface area (Å²) in [5.74, 6) is -0.302. The quantitative estimate of drug-likeness (QED) is 0.882. The van der Waals surface area contributed by atoms with Crippen molar-refractivity contribution >= 4 is 28.1 Å². The van der Waals surface area contributed by atoms with E-state index in [2.05, 4.69) is 4.98 Å². The van der Waals surface area contributed by atoms with Gasteiger partial charge in [0, 0.05) is 23.0 Å². The molecule has 0 aliphatic carbocycles. The smallest absolute Gasteiger partial charge is 0.126 e. The molecule has 2 aromatic rings. The molecule has 0 aliphatic rings. The zero-order chi connectivity index (χ0) is 13.1. The van der Waals surface area contributed by atoms with Gasteiger partial charge in [0.1, 0.15) is 5.82 Å². The number of nitrogens with zero attached hydrogens (tertiary/aromatic N) is 1. The highest BCUT2D eigenvalue weighted by molar-refractivity contribution is 7.84. The number of nitrogen functional groups attached to an aromatic ring is 1. The van der Waals surface area contributed by atoms with Gasteiger partial charge in [-0.25, -0.2) is 4.39 Å². The summed E-state index contributed by atoms with van der Waals surface area (Å²) in [6, 6.07) is 5.57. The second-order valence-corrected chi connectivity index (χ2v) is 5.54. The third-order valence-electron chi connectivity index (χ3n) is 2.30. The summed E-state index contributed by atoms with van der Waals surface area (Å²) >= 11 is 5.92. The summed E-state index contributed by atoms with van der Waals surface area (Å²) < 4.78 is 25.2. The fourth-order valence-electron chi connectivity index (χ4n) is 1.46. The second-order valence-electron chi connectivity index (χ2n) is 3.68. The van der Waals surface area contributed by atoms with Gasteiger partial charge in [0.25, 0.3) is 0 Å². The number of hydrogen-bond donors (Lipinski definition) is 1. The molecule has 0 fully saturated rings. The highest BCUT2D eigenvalue weighted by atomic mass is 35.5. The maximum Gasteiger partial charge on any atom is 0.126 e. The van der Waals surface area contributed by atoms with Crippen LogP contribution in [0.4, 0.5) is 10.1 Å². The monoisotopic (exact) mass is 284 g/mol. The molecular formula is C12H10ClFN2OS. The van der Waals surface area contributed by atoms with E-state index in [9.17, 15) is 8.60 Å². The maximum atomic E-state index is 13.2. The first kappa shape index (κ1) is 13.0. The Morgan fingerprint density at radius 2 is 2.17 bits per heavy atom. The van der Waals surface area contributed by atoms with Crippen molar-refractivity contribution in [3.63, 3.8) is 0 Å². The van der Waals surface area contributed by atoms with Crippen molar-refractivity contribution in [2.24, 2.45) is 0 Å². The molecule has 3 nitrogen and oxygen atoms in total. The molecule has 0 bridgehead atoms. The first-order valence-electron chi connectivity index (χ1n) is 5.09. The predicted octanol–water partition coefficient (Wildman–Crippen LogP) is 2.76. The molecule has 2 rings (SSSR count). The van der Waals surface area contributed by atoms with Crippen LogP contribution in [0, 0.1) is 5.82 Å². The van der Waals surface area contributed by atoms with E-state index in [4.69, 9.17) is 17.3 Å². The lowest BCUT2D eigenvalue weighted by atomic mass is 10.3. The summed E-state index contributed by atoms with van der Waals surface area (Å²) in [6.45, 7) is 0. The van der Waals surface area contributed by atoms with Crippen molar-refractivity contribution in [1.29, 1.82) is 0 Å². The maximum absolute atomic E-state index is 13.2. The minimum atomic E-state index is -1.40. The Balaban J connectivity index is 2.25. The largest absolute Gasteiger partial charge is 0.399 e. The number of rotatable bonds is 3. The van der Waals surface area contributed by atoms with E-state index in [0.717, 1.165) is 0 Å². The van der Waals surface area contributed by atoms with Crippen LogP contribution < -0.4 is 5.73 Å². The summed E-state index contributed by atoms with van der Waals surface area (Å²) in [5, 5.41) is 0.440. The van der Waals surface area contributed by atoms with Crippen LogP contribution >= 0.6 is 11.6 Å². The number of aromatic nitrogens is 1. The SMILES string of the molecule is Nc1cc(F)cc(S(=O)Cc2ccncc2Cl)c1. The van der Waals surface area contributed by atoms with E-state index >= 15 is 0 Å². The molecule has 0 saturated carbocycles. The molecule has 2 N–H and O–H groups in total. The second kappa shape index (κ2) is 5.46. The van der Waals surface area contributed by atoms with Gasteiger partial charge in [-0.15, -0.1) is 0 Å². The number of hydrogen-bond acceptors (Lipinski definition) is 3. The van der Waals surface area contributed by atoms with Crippen LogP contribution in [0.1, 0.15) is 5.56 Å². The lowest BCUT2D eigenvalue weighted by Gasteiger charge is -2.05. The van der Waals surface area contributed by atoms with Gasteiger partial charge in [-0.05, 0) is 29.8 Å². The molecule has 6 heteroatoms. The standard InChI is InChI=1S/C12H10ClFN2OS/c13-12-6-16-2-1-8(12)7-18(17)11-4-9(14)3-10(15)5-11/h1-6H,7,15H2. The average molecular weight is 285 g/mol. The highest BCUT2D eigenvalue weighted by Crippen LogP contribution is 2.20. The van der Waals surface area contributed by atoms with E-state index < -0.39 is 16.6 Å². The molecule has 1 atom stereocenters. The number of nitrogens with two attached hydrogens (primary N) is 1. The van der Waals surface area contributed by atoms with E-state index in [1.165, 1.54) is 24.4 Å². The zero-order valence-corrected chi connectivity index (χ0v) is 10.8. The molecule has 18 heavy (non-hydrogen) atoms. The van der Waals surface area contributed by atoms with Crippen LogP contribution in [-0.4, -0.2) is 9.19 Å². The molecule has 0 spiro atoms. The summed E-state index contributed by atoms with van der Waals surface area (Å²) in [4.78, 5) is 4.19. The highest BCUT2D eigenvalue weighted by Gasteiger charge is 2.10. The van der Waals surface area contributed by atoms with Crippen LogP contribution in [0.25, 0.3) is 0 Å². The van der Waals surface area contributed by atoms with Gasteiger partial charge in [-0.1, -0.05) is 11.6 Å². The van der Waals surface area contributed by atoms with Gasteiger partial charge in [-0.3, -0.25) is 9.19 Å². The minimum Gasteiger partial charge on any atom is -0.399 e. The first-order valence-corrected chi connectivity index (χ1v) is 6.79. The van der Waals surface area contributed by atoms with Crippen LogP contribution in [0.2, 0.25) is 5.02 Å². The summed E-state index contributed by atoms with van der Waals surface area (Å²) in [6.07, 6.45) is 3.05. The predicted molar refractivity (Wildman–Crippen MR) is 70.2 cm³/mol. The third kappa shape index (κ3) is 3.05. The summed E-state index contributed by atoms with van der Waals surface area (Å²) in [7, 11) is -1.40. The van der Waals surface area contributed by atoms with Crippen LogP contribution in [0.15, 0.2) is 41.6 Å². The molecule has 1 heterocycles. The molecule has 1 unspecified atom stereocenters. The Hall–Kier alpha value is -1.46. The molecule has 0 radical (unpaired) electrons. The molecule has 0 saturated heterocycles. The van der Waals surface area contributed by atoms with E-state index in [0.29, 0.717) is 15.5 Å². The van der Waals surface area contributed by atoms with E-state index in [1.807, 2.05) is 0 Å². The molecule has 1 aromatic heterocycles. The average Bonchev–Trinajstić information content (AvgIpc) is 2.31. The van der Waals surface area contributed by atoms with Crippen LogP contribution in [0.3, 0.4) is 0 Å². The molecule has 0 amide bonds. The third-order valence-corrected chi connectivity index (χ3v) is 3.97. The Bertz CT molecular complexity index is 586. The van der Waals surface area contributed by atoms with Crippen molar-refractivity contribution < 1.29 is 8.60 Å². The molecule has 94 valence electrons. The number of benzene rings is 1. The van der Waals surface area contributed by atoms with E-state index in [-0.39, 0.29) is 11.4 Å². The Morgan fingerprint density at radius 3 is 2.83 bits per heavy atom. The van der Waals surface area contributed by atoms with Gasteiger partial charge in [0.15, 0.2) is 0 Å². The minimum absolute atomic E-state index is 0.199.